The van der Waals surface area contributed by atoms with Gasteiger partial charge in [-0.1, -0.05) is 13.8 Å². The van der Waals surface area contributed by atoms with E-state index in [1.807, 2.05) is 0 Å². The van der Waals surface area contributed by atoms with E-state index in [-0.39, 0.29) is 37.1 Å². The number of nitrogens with one attached hydrogen (secondary N) is 2. The number of anilines is 1. The molecule has 0 spiro atoms. The Morgan fingerprint density at radius 2 is 1.90 bits per heavy atom. The molecule has 0 saturated heterocycles. The Labute approximate surface area is 234 Å². The van der Waals surface area contributed by atoms with Crippen LogP contribution in [0, 0.1) is 19.7 Å². The molecule has 0 atom stereocenters. The minimum atomic E-state index is -0.728. The van der Waals surface area contributed by atoms with Crippen molar-refractivity contribution in [2.24, 2.45) is 5.73 Å². The number of amides is 2. The Hall–Kier alpha value is -3.25. The topological polar surface area (TPSA) is 128 Å². The maximum Gasteiger partial charge on any atom is 0.418 e. The van der Waals surface area contributed by atoms with E-state index in [1.165, 1.54) is 28.8 Å². The summed E-state index contributed by atoms with van der Waals surface area (Å²) in [6, 6.07) is 3.98. The van der Waals surface area contributed by atoms with Crippen molar-refractivity contribution in [1.82, 2.24) is 14.8 Å². The molecule has 0 saturated carbocycles. The van der Waals surface area contributed by atoms with Crippen LogP contribution >= 0.6 is 12.4 Å². The number of halogens is 2. The van der Waals surface area contributed by atoms with Crippen molar-refractivity contribution in [3.8, 4) is 0 Å². The van der Waals surface area contributed by atoms with E-state index in [0.717, 1.165) is 13.1 Å². The zero-order valence-electron chi connectivity index (χ0n) is 22.8. The minimum absolute atomic E-state index is 0. The number of carbonyl (C=O) groups excluding carboxylic acids is 3. The summed E-state index contributed by atoms with van der Waals surface area (Å²) in [5, 5.41) is 5.62. The quantitative estimate of drug-likeness (QED) is 0.266. The van der Waals surface area contributed by atoms with Crippen LogP contribution in [0.25, 0.3) is 11.6 Å². The summed E-state index contributed by atoms with van der Waals surface area (Å²) in [5.74, 6) is -1.28. The maximum absolute atomic E-state index is 14.0. The van der Waals surface area contributed by atoms with Gasteiger partial charge in [-0.3, -0.25) is 9.59 Å². The van der Waals surface area contributed by atoms with Gasteiger partial charge in [0.05, 0.1) is 30.0 Å². The summed E-state index contributed by atoms with van der Waals surface area (Å²) in [6.45, 7) is 11.1. The molecule has 1 aliphatic rings. The van der Waals surface area contributed by atoms with Crippen molar-refractivity contribution >= 4 is 47.7 Å². The summed E-state index contributed by atoms with van der Waals surface area (Å²) in [6.07, 6.45) is 0.760. The Morgan fingerprint density at radius 1 is 1.18 bits per heavy atom. The molecular weight excluding hydrogens is 529 g/mol. The van der Waals surface area contributed by atoms with Gasteiger partial charge in [-0.2, -0.15) is 0 Å². The van der Waals surface area contributed by atoms with Gasteiger partial charge in [0.15, 0.2) is 0 Å². The van der Waals surface area contributed by atoms with E-state index in [2.05, 4.69) is 29.4 Å². The molecule has 0 fully saturated rings. The number of fused-ring (bicyclic) bond motifs is 1. The average Bonchev–Trinajstić information content (AvgIpc) is 3.33. The van der Waals surface area contributed by atoms with Crippen LogP contribution in [0.15, 0.2) is 18.2 Å². The molecule has 39 heavy (non-hydrogen) atoms. The Morgan fingerprint density at radius 3 is 2.56 bits per heavy atom. The number of ether oxygens (including phenoxy) is 2. The van der Waals surface area contributed by atoms with Crippen molar-refractivity contribution in [2.75, 3.05) is 57.9 Å². The Balaban J connectivity index is 0.00000533. The third-order valence-electron chi connectivity index (χ3n) is 6.48. The van der Waals surface area contributed by atoms with Crippen LogP contribution in [0.5, 0.6) is 0 Å². The molecule has 10 nitrogen and oxygen atoms in total. The molecular formula is C27H37ClFN5O5. The van der Waals surface area contributed by atoms with Gasteiger partial charge in [-0.25, -0.2) is 13.8 Å². The van der Waals surface area contributed by atoms with Crippen molar-refractivity contribution in [2.45, 2.75) is 27.7 Å². The highest BCUT2D eigenvalue weighted by Gasteiger charge is 2.29. The van der Waals surface area contributed by atoms with E-state index in [4.69, 9.17) is 15.2 Å². The number of rotatable bonds is 12. The molecule has 1 aromatic heterocycles. The number of carbonyl (C=O) groups is 3. The van der Waals surface area contributed by atoms with Crippen molar-refractivity contribution in [1.29, 1.82) is 0 Å². The monoisotopic (exact) mass is 565 g/mol. The van der Waals surface area contributed by atoms with Gasteiger partial charge in [0.2, 0.25) is 0 Å². The first-order valence-corrected chi connectivity index (χ1v) is 12.7. The molecule has 2 aromatic rings. The summed E-state index contributed by atoms with van der Waals surface area (Å²) < 4.78 is 25.9. The first-order chi connectivity index (χ1) is 18.2. The van der Waals surface area contributed by atoms with Crippen molar-refractivity contribution < 1.29 is 28.2 Å². The molecule has 0 bridgehead atoms. The molecule has 2 amide bonds. The lowest BCUT2D eigenvalue weighted by Gasteiger charge is -2.18. The van der Waals surface area contributed by atoms with Crippen LogP contribution in [0.2, 0.25) is 0 Å². The second-order valence-electron chi connectivity index (χ2n) is 8.81. The van der Waals surface area contributed by atoms with Gasteiger partial charge in [0, 0.05) is 36.6 Å². The highest BCUT2D eigenvalue weighted by molar-refractivity contribution is 6.35. The number of nitrogens with two attached hydrogens (primary N) is 1. The lowest BCUT2D eigenvalue weighted by molar-refractivity contribution is -0.110. The molecule has 2 heterocycles. The molecule has 1 aromatic carbocycles. The third kappa shape index (κ3) is 7.45. The zero-order chi connectivity index (χ0) is 27.8. The fourth-order valence-electron chi connectivity index (χ4n) is 4.44. The SMILES string of the molecule is CCN(CC)CCNC(=O)c1c(C)c(/C=C2\C(=O)Nc3ccc(F)cc32)n(C(=O)OCCOCCN)c1C.Cl. The second kappa shape index (κ2) is 14.8. The number of hydrogen-bond acceptors (Lipinski definition) is 7. The molecule has 4 N–H and O–H groups in total. The van der Waals surface area contributed by atoms with Crippen molar-refractivity contribution in [3.05, 3.63) is 52.1 Å². The van der Waals surface area contributed by atoms with Crippen LogP contribution in [0.3, 0.4) is 0 Å². The van der Waals surface area contributed by atoms with Crippen LogP contribution < -0.4 is 16.4 Å². The Kier molecular flexibility index (Phi) is 12.1. The first-order valence-electron chi connectivity index (χ1n) is 12.7. The highest BCUT2D eigenvalue weighted by Crippen LogP contribution is 2.35. The first kappa shape index (κ1) is 32.0. The molecule has 0 radical (unpaired) electrons. The van der Waals surface area contributed by atoms with Gasteiger partial charge in [0.1, 0.15) is 12.4 Å². The van der Waals surface area contributed by atoms with Gasteiger partial charge >= 0.3 is 6.09 Å². The van der Waals surface area contributed by atoms with Gasteiger partial charge in [-0.15, -0.1) is 12.4 Å². The van der Waals surface area contributed by atoms with Crippen LogP contribution in [-0.2, 0) is 14.3 Å². The standard InChI is InChI=1S/C27H36FN5O5.ClH/c1-5-32(6-2)11-10-30-26(35)24-17(3)23(33(18(24)4)27(36)38-14-13-37-12-9-29)16-21-20-15-19(28)7-8-22(20)31-25(21)34;/h7-8,15-16H,5-6,9-14,29H2,1-4H3,(H,30,35)(H,31,34);1H/b21-16-;. The number of aromatic nitrogens is 1. The average molecular weight is 566 g/mol. The van der Waals surface area contributed by atoms with E-state index in [0.29, 0.717) is 60.0 Å². The number of nitrogens with zero attached hydrogens (tertiary/aromatic N) is 2. The largest absolute Gasteiger partial charge is 0.446 e. The van der Waals surface area contributed by atoms with Crippen LogP contribution in [-0.4, -0.2) is 79.9 Å². The lowest BCUT2D eigenvalue weighted by Crippen LogP contribution is -2.35. The molecule has 1 aliphatic heterocycles. The normalized spacial score (nSPS) is 13.3. The lowest BCUT2D eigenvalue weighted by atomic mass is 10.0. The minimum Gasteiger partial charge on any atom is -0.446 e. The predicted octanol–water partition coefficient (Wildman–Crippen LogP) is 3.19. The van der Waals surface area contributed by atoms with Gasteiger partial charge in [-0.05, 0) is 56.8 Å². The number of benzene rings is 1. The molecule has 0 aliphatic carbocycles. The molecule has 0 unspecified atom stereocenters. The Bertz CT molecular complexity index is 1230. The van der Waals surface area contributed by atoms with Gasteiger partial charge in [0.25, 0.3) is 11.8 Å². The third-order valence-corrected chi connectivity index (χ3v) is 6.48. The van der Waals surface area contributed by atoms with Crippen molar-refractivity contribution in [3.63, 3.8) is 0 Å². The van der Waals surface area contributed by atoms with Gasteiger partial charge < -0.3 is 30.7 Å². The molecule has 3 rings (SSSR count). The predicted molar refractivity (Wildman–Crippen MR) is 151 cm³/mol. The number of likely N-dealkylation sites (N-methyl/N-ethyl adjacent to an activating group) is 1. The highest BCUT2D eigenvalue weighted by atomic mass is 35.5. The van der Waals surface area contributed by atoms with Crippen LogP contribution in [0.4, 0.5) is 14.9 Å². The molecule has 214 valence electrons. The summed E-state index contributed by atoms with van der Waals surface area (Å²) in [7, 11) is 0. The summed E-state index contributed by atoms with van der Waals surface area (Å²) in [5.41, 5.74) is 7.87. The maximum atomic E-state index is 14.0. The second-order valence-corrected chi connectivity index (χ2v) is 8.81. The van der Waals surface area contributed by atoms with Crippen LogP contribution in [0.1, 0.15) is 46.7 Å². The fraction of sp³-hybridized carbons (Fsp3) is 0.444. The fourth-order valence-corrected chi connectivity index (χ4v) is 4.44. The van der Waals surface area contributed by atoms with E-state index in [9.17, 15) is 18.8 Å². The zero-order valence-corrected chi connectivity index (χ0v) is 23.6. The molecule has 12 heteroatoms. The smallest absolute Gasteiger partial charge is 0.418 e. The summed E-state index contributed by atoms with van der Waals surface area (Å²) in [4.78, 5) is 41.4. The number of hydrogen-bond donors (Lipinski definition) is 3. The summed E-state index contributed by atoms with van der Waals surface area (Å²) >= 11 is 0. The van der Waals surface area contributed by atoms with E-state index in [1.54, 1.807) is 13.8 Å². The van der Waals surface area contributed by atoms with E-state index >= 15 is 0 Å². The van der Waals surface area contributed by atoms with E-state index < -0.39 is 17.8 Å².